The number of piperidine rings is 1. The molecule has 3 atom stereocenters. The van der Waals surface area contributed by atoms with E-state index < -0.39 is 6.10 Å². The summed E-state index contributed by atoms with van der Waals surface area (Å²) in [5, 5.41) is 12.1. The molecule has 0 radical (unpaired) electrons. The molecule has 0 spiro atoms. The first-order valence-electron chi connectivity index (χ1n) is 8.65. The number of ether oxygens (including phenoxy) is 1. The number of fused-ring (bicyclic) bond motifs is 1. The summed E-state index contributed by atoms with van der Waals surface area (Å²) in [4.78, 5) is 6.78. The van der Waals surface area contributed by atoms with E-state index in [-0.39, 0.29) is 6.04 Å². The van der Waals surface area contributed by atoms with E-state index in [1.165, 1.54) is 0 Å². The highest BCUT2D eigenvalue weighted by Gasteiger charge is 2.32. The van der Waals surface area contributed by atoms with Crippen molar-refractivity contribution in [3.8, 4) is 5.75 Å². The molecule has 2 heterocycles. The van der Waals surface area contributed by atoms with Crippen molar-refractivity contribution in [1.82, 2.24) is 9.88 Å². The van der Waals surface area contributed by atoms with Crippen molar-refractivity contribution in [3.63, 3.8) is 0 Å². The summed E-state index contributed by atoms with van der Waals surface area (Å²) in [7, 11) is 1.66. The van der Waals surface area contributed by atoms with Crippen molar-refractivity contribution in [2.45, 2.75) is 31.9 Å². The molecule has 128 valence electrons. The summed E-state index contributed by atoms with van der Waals surface area (Å²) in [5.74, 6) is 1.30. The fraction of sp³-hybridized carbons (Fsp3) is 0.450. The molecule has 24 heavy (non-hydrogen) atoms. The molecule has 0 bridgehead atoms. The Hall–Kier alpha value is -1.91. The normalized spacial score (nSPS) is 23.1. The molecule has 1 aromatic carbocycles. The second-order valence-electron chi connectivity index (χ2n) is 6.46. The van der Waals surface area contributed by atoms with Gasteiger partial charge in [-0.2, -0.15) is 0 Å². The van der Waals surface area contributed by atoms with E-state index in [0.29, 0.717) is 5.92 Å². The third-order valence-corrected chi connectivity index (χ3v) is 5.18. The quantitative estimate of drug-likeness (QED) is 0.853. The fourth-order valence-corrected chi connectivity index (χ4v) is 3.75. The molecule has 1 unspecified atom stereocenters. The summed E-state index contributed by atoms with van der Waals surface area (Å²) < 4.78 is 5.34. The molecule has 0 amide bonds. The van der Waals surface area contributed by atoms with Crippen LogP contribution < -0.4 is 4.74 Å². The van der Waals surface area contributed by atoms with Crippen LogP contribution in [0.4, 0.5) is 0 Å². The lowest BCUT2D eigenvalue weighted by Crippen LogP contribution is -2.46. The smallest absolute Gasteiger partial charge is 0.119 e. The first-order chi connectivity index (χ1) is 11.7. The Kier molecular flexibility index (Phi) is 5.17. The predicted molar refractivity (Wildman–Crippen MR) is 97.2 cm³/mol. The maximum absolute atomic E-state index is 11.1. The average Bonchev–Trinajstić information content (AvgIpc) is 2.65. The van der Waals surface area contributed by atoms with Crippen LogP contribution in [0.2, 0.25) is 0 Å². The first kappa shape index (κ1) is 16.9. The Morgan fingerprint density at radius 3 is 2.96 bits per heavy atom. The van der Waals surface area contributed by atoms with Crippen LogP contribution in [-0.2, 0) is 0 Å². The molecule has 4 nitrogen and oxygen atoms in total. The maximum atomic E-state index is 11.1. The van der Waals surface area contributed by atoms with Crippen LogP contribution in [0.5, 0.6) is 5.75 Å². The second kappa shape index (κ2) is 7.32. The van der Waals surface area contributed by atoms with E-state index in [1.54, 1.807) is 13.3 Å². The van der Waals surface area contributed by atoms with Gasteiger partial charge < -0.3 is 9.84 Å². The fourth-order valence-electron chi connectivity index (χ4n) is 3.75. The molecule has 1 saturated heterocycles. The molecule has 1 fully saturated rings. The lowest BCUT2D eigenvalue weighted by Gasteiger charge is -2.41. The SMILES string of the molecule is C=CC1CC[C@@H]([C@H](O)c2ccnc3ccc(OC)cc23)N(CC)C1. The van der Waals surface area contributed by atoms with Gasteiger partial charge in [-0.05, 0) is 55.1 Å². The lowest BCUT2D eigenvalue weighted by atomic mass is 9.87. The van der Waals surface area contributed by atoms with Gasteiger partial charge in [0.05, 0.1) is 18.7 Å². The van der Waals surface area contributed by atoms with E-state index in [9.17, 15) is 5.11 Å². The Balaban J connectivity index is 1.95. The second-order valence-corrected chi connectivity index (χ2v) is 6.46. The first-order valence-corrected chi connectivity index (χ1v) is 8.65. The monoisotopic (exact) mass is 326 g/mol. The molecular weight excluding hydrogens is 300 g/mol. The zero-order valence-electron chi connectivity index (χ0n) is 14.5. The minimum absolute atomic E-state index is 0.128. The number of hydrogen-bond donors (Lipinski definition) is 1. The van der Waals surface area contributed by atoms with Crippen molar-refractivity contribution < 1.29 is 9.84 Å². The number of rotatable bonds is 5. The van der Waals surface area contributed by atoms with Gasteiger partial charge in [-0.25, -0.2) is 0 Å². The number of methoxy groups -OCH3 is 1. The van der Waals surface area contributed by atoms with Gasteiger partial charge in [0.25, 0.3) is 0 Å². The molecular formula is C20H26N2O2. The van der Waals surface area contributed by atoms with Crippen LogP contribution in [0.3, 0.4) is 0 Å². The predicted octanol–water partition coefficient (Wildman–Crippen LogP) is 3.56. The van der Waals surface area contributed by atoms with E-state index >= 15 is 0 Å². The van der Waals surface area contributed by atoms with Crippen LogP contribution >= 0.6 is 0 Å². The van der Waals surface area contributed by atoms with Gasteiger partial charge in [-0.1, -0.05) is 13.0 Å². The number of hydrogen-bond acceptors (Lipinski definition) is 4. The number of nitrogens with zero attached hydrogens (tertiary/aromatic N) is 2. The van der Waals surface area contributed by atoms with Crippen LogP contribution in [-0.4, -0.2) is 41.2 Å². The van der Waals surface area contributed by atoms with Gasteiger partial charge in [-0.15, -0.1) is 6.58 Å². The molecule has 1 aliphatic heterocycles. The number of pyridine rings is 1. The average molecular weight is 326 g/mol. The van der Waals surface area contributed by atoms with Gasteiger partial charge >= 0.3 is 0 Å². The molecule has 0 aliphatic carbocycles. The van der Waals surface area contributed by atoms with Gasteiger partial charge in [0, 0.05) is 24.2 Å². The molecule has 2 aromatic rings. The van der Waals surface area contributed by atoms with E-state index in [2.05, 4.69) is 23.4 Å². The van der Waals surface area contributed by atoms with Crippen LogP contribution in [0.15, 0.2) is 43.1 Å². The highest BCUT2D eigenvalue weighted by atomic mass is 16.5. The Morgan fingerprint density at radius 2 is 2.25 bits per heavy atom. The summed E-state index contributed by atoms with van der Waals surface area (Å²) in [6, 6.07) is 7.87. The largest absolute Gasteiger partial charge is 0.497 e. The topological polar surface area (TPSA) is 45.6 Å². The highest BCUT2D eigenvalue weighted by Crippen LogP contribution is 2.34. The highest BCUT2D eigenvalue weighted by molar-refractivity contribution is 5.83. The van der Waals surface area contributed by atoms with Crippen LogP contribution in [0.1, 0.15) is 31.4 Å². The minimum Gasteiger partial charge on any atom is -0.497 e. The maximum Gasteiger partial charge on any atom is 0.119 e. The van der Waals surface area contributed by atoms with Gasteiger partial charge in [-0.3, -0.25) is 9.88 Å². The van der Waals surface area contributed by atoms with Crippen LogP contribution in [0, 0.1) is 5.92 Å². The van der Waals surface area contributed by atoms with Crippen molar-refractivity contribution in [2.75, 3.05) is 20.2 Å². The van der Waals surface area contributed by atoms with E-state index in [1.807, 2.05) is 30.3 Å². The lowest BCUT2D eigenvalue weighted by molar-refractivity contribution is 0.0183. The molecule has 1 aliphatic rings. The molecule has 0 saturated carbocycles. The molecule has 1 aromatic heterocycles. The number of aliphatic hydroxyl groups is 1. The molecule has 1 N–H and O–H groups in total. The summed E-state index contributed by atoms with van der Waals surface area (Å²) >= 11 is 0. The van der Waals surface area contributed by atoms with Crippen molar-refractivity contribution in [2.24, 2.45) is 5.92 Å². The Morgan fingerprint density at radius 1 is 1.42 bits per heavy atom. The van der Waals surface area contributed by atoms with E-state index in [4.69, 9.17) is 4.74 Å². The van der Waals surface area contributed by atoms with Gasteiger partial charge in [0.1, 0.15) is 5.75 Å². The van der Waals surface area contributed by atoms with Crippen molar-refractivity contribution in [1.29, 1.82) is 0 Å². The van der Waals surface area contributed by atoms with Gasteiger partial charge in [0.15, 0.2) is 0 Å². The summed E-state index contributed by atoms with van der Waals surface area (Å²) in [6.07, 6.45) is 5.33. The third-order valence-electron chi connectivity index (χ3n) is 5.18. The zero-order valence-corrected chi connectivity index (χ0v) is 14.5. The van der Waals surface area contributed by atoms with Crippen molar-refractivity contribution in [3.05, 3.63) is 48.7 Å². The molecule has 4 heteroatoms. The van der Waals surface area contributed by atoms with Gasteiger partial charge in [0.2, 0.25) is 0 Å². The molecule has 3 rings (SSSR count). The number of benzene rings is 1. The van der Waals surface area contributed by atoms with Crippen molar-refractivity contribution >= 4 is 10.9 Å². The third kappa shape index (κ3) is 3.17. The zero-order chi connectivity index (χ0) is 17.1. The summed E-state index contributed by atoms with van der Waals surface area (Å²) in [6.45, 7) is 7.98. The Bertz CT molecular complexity index is 716. The van der Waals surface area contributed by atoms with E-state index in [0.717, 1.165) is 48.1 Å². The Labute approximate surface area is 143 Å². The number of likely N-dealkylation sites (tertiary alicyclic amines) is 1. The number of aliphatic hydroxyl groups excluding tert-OH is 1. The van der Waals surface area contributed by atoms with Crippen LogP contribution in [0.25, 0.3) is 10.9 Å². The number of aromatic nitrogens is 1. The summed E-state index contributed by atoms with van der Waals surface area (Å²) in [5.41, 5.74) is 1.81. The standard InChI is InChI=1S/C20H26N2O2/c1-4-14-6-9-19(22(5-2)13-14)20(23)16-10-11-21-18-8-7-15(24-3)12-17(16)18/h4,7-8,10-12,14,19-20,23H,1,5-6,9,13H2,2-3H3/t14?,19-,20+/m0/s1. The number of likely N-dealkylation sites (N-methyl/N-ethyl adjacent to an activating group) is 1. The minimum atomic E-state index is -0.534.